The number of hydrogen-bond acceptors (Lipinski definition) is 6. The van der Waals surface area contributed by atoms with E-state index in [1.807, 2.05) is 11.8 Å². The van der Waals surface area contributed by atoms with Crippen molar-refractivity contribution in [3.8, 4) is 11.5 Å². The number of aryl methyl sites for hydroxylation is 1. The van der Waals surface area contributed by atoms with Crippen LogP contribution in [0.25, 0.3) is 22.5 Å². The minimum atomic E-state index is -3.09. The van der Waals surface area contributed by atoms with Crippen molar-refractivity contribution in [1.29, 1.82) is 0 Å². The summed E-state index contributed by atoms with van der Waals surface area (Å²) < 4.78 is 31.5. The highest BCUT2D eigenvalue weighted by Crippen LogP contribution is 2.33. The van der Waals surface area contributed by atoms with E-state index in [-0.39, 0.29) is 23.5 Å². The van der Waals surface area contributed by atoms with E-state index < -0.39 is 9.84 Å². The van der Waals surface area contributed by atoms with Gasteiger partial charge in [-0.05, 0) is 49.8 Å². The summed E-state index contributed by atoms with van der Waals surface area (Å²) in [5.41, 5.74) is 2.32. The second kappa shape index (κ2) is 7.72. The molecule has 2 fully saturated rings. The number of fused-ring (bicyclic) bond motifs is 1. The van der Waals surface area contributed by atoms with Gasteiger partial charge in [0.05, 0.1) is 40.5 Å². The summed E-state index contributed by atoms with van der Waals surface area (Å²) in [6, 6.07) is 5.09. The van der Waals surface area contributed by atoms with E-state index in [0.29, 0.717) is 52.0 Å². The zero-order valence-electron chi connectivity index (χ0n) is 18.6. The van der Waals surface area contributed by atoms with Crippen molar-refractivity contribution in [2.75, 3.05) is 24.6 Å². The molecule has 0 aliphatic carbocycles. The van der Waals surface area contributed by atoms with Gasteiger partial charge in [-0.2, -0.15) is 5.10 Å². The van der Waals surface area contributed by atoms with Gasteiger partial charge in [-0.1, -0.05) is 13.8 Å². The number of likely N-dealkylation sites (tertiary alicyclic amines) is 1. The molecule has 2 aliphatic rings. The van der Waals surface area contributed by atoms with E-state index in [1.54, 1.807) is 29.1 Å². The van der Waals surface area contributed by atoms with Crippen LogP contribution in [0.5, 0.6) is 0 Å². The predicted octanol–water partition coefficient (Wildman–Crippen LogP) is 3.48. The summed E-state index contributed by atoms with van der Waals surface area (Å²) in [5, 5.41) is 5.36. The lowest BCUT2D eigenvalue weighted by atomic mass is 9.91. The second-order valence-corrected chi connectivity index (χ2v) is 11.7. The first kappa shape index (κ1) is 21.2. The molecule has 0 saturated carbocycles. The van der Waals surface area contributed by atoms with Crippen molar-refractivity contribution >= 4 is 26.8 Å². The molecule has 170 valence electrons. The molecule has 2 saturated heterocycles. The van der Waals surface area contributed by atoms with Crippen LogP contribution in [0.3, 0.4) is 0 Å². The van der Waals surface area contributed by atoms with Gasteiger partial charge in [0.1, 0.15) is 5.69 Å². The van der Waals surface area contributed by atoms with Crippen molar-refractivity contribution in [2.45, 2.75) is 39.7 Å². The van der Waals surface area contributed by atoms with Gasteiger partial charge in [0.15, 0.2) is 21.2 Å². The van der Waals surface area contributed by atoms with Crippen molar-refractivity contribution in [3.63, 3.8) is 0 Å². The number of aromatic nitrogens is 3. The maximum Gasteiger partial charge on any atom is 0.254 e. The number of carbonyl (C=O) groups excluding carboxylic acids is 1. The Hall–Kier alpha value is -2.68. The summed E-state index contributed by atoms with van der Waals surface area (Å²) in [6.07, 6.45) is 3.18. The molecule has 3 unspecified atom stereocenters. The van der Waals surface area contributed by atoms with E-state index in [0.717, 1.165) is 19.5 Å². The molecule has 0 N–H and O–H groups in total. The van der Waals surface area contributed by atoms with E-state index in [2.05, 4.69) is 18.9 Å². The Morgan fingerprint density at radius 1 is 1.22 bits per heavy atom. The highest BCUT2D eigenvalue weighted by atomic mass is 32.2. The lowest BCUT2D eigenvalue weighted by molar-refractivity contribution is 0.0625. The van der Waals surface area contributed by atoms with Crippen LogP contribution < -0.4 is 0 Å². The smallest absolute Gasteiger partial charge is 0.254 e. The topological polar surface area (TPSA) is 98.3 Å². The molecule has 3 aromatic rings. The zero-order valence-corrected chi connectivity index (χ0v) is 19.4. The van der Waals surface area contributed by atoms with Gasteiger partial charge in [0.2, 0.25) is 0 Å². The molecule has 0 bridgehead atoms. The molecular weight excluding hydrogens is 428 g/mol. The molecule has 5 heterocycles. The number of pyridine rings is 1. The van der Waals surface area contributed by atoms with Crippen LogP contribution >= 0.6 is 0 Å². The first-order chi connectivity index (χ1) is 15.2. The maximum atomic E-state index is 13.7. The van der Waals surface area contributed by atoms with E-state index >= 15 is 0 Å². The van der Waals surface area contributed by atoms with Gasteiger partial charge in [-0.25, -0.2) is 18.1 Å². The summed E-state index contributed by atoms with van der Waals surface area (Å²) in [4.78, 5) is 20.5. The van der Waals surface area contributed by atoms with Gasteiger partial charge in [0, 0.05) is 13.1 Å². The Labute approximate surface area is 187 Å². The number of carbonyl (C=O) groups is 1. The van der Waals surface area contributed by atoms with Gasteiger partial charge in [0.25, 0.3) is 5.91 Å². The third-order valence-electron chi connectivity index (χ3n) is 6.55. The number of nitrogens with zero attached hydrogens (tertiary/aromatic N) is 4. The number of amides is 1. The standard InChI is InChI=1S/C23H28N4O4S/c1-14-9-15(2)12-26(11-14)23(28)18-10-19(20-5-4-7-31-20)24-22-21(18)16(3)25-27(22)17-6-8-32(29,30)13-17/h4-5,7,10,14-15,17H,6,8-9,11-13H2,1-3H3. The number of hydrogen-bond donors (Lipinski definition) is 0. The number of furan rings is 1. The Kier molecular flexibility index (Phi) is 5.11. The second-order valence-electron chi connectivity index (χ2n) is 9.47. The summed E-state index contributed by atoms with van der Waals surface area (Å²) in [5.74, 6) is 1.59. The molecule has 9 heteroatoms. The fourth-order valence-corrected chi connectivity index (χ4v) is 6.95. The van der Waals surface area contributed by atoms with Crippen molar-refractivity contribution in [1.82, 2.24) is 19.7 Å². The largest absolute Gasteiger partial charge is 0.463 e. The van der Waals surface area contributed by atoms with Gasteiger partial charge < -0.3 is 9.32 Å². The highest BCUT2D eigenvalue weighted by Gasteiger charge is 2.34. The molecule has 2 aliphatic heterocycles. The van der Waals surface area contributed by atoms with E-state index in [4.69, 9.17) is 9.40 Å². The average molecular weight is 457 g/mol. The first-order valence-electron chi connectivity index (χ1n) is 11.2. The normalized spacial score (nSPS) is 25.5. The van der Waals surface area contributed by atoms with E-state index in [1.165, 1.54) is 0 Å². The molecule has 5 rings (SSSR count). The number of piperidine rings is 1. The van der Waals surface area contributed by atoms with Crippen molar-refractivity contribution in [2.24, 2.45) is 11.8 Å². The molecule has 32 heavy (non-hydrogen) atoms. The quantitative estimate of drug-likeness (QED) is 0.598. The molecule has 3 aromatic heterocycles. The lowest BCUT2D eigenvalue weighted by Crippen LogP contribution is -2.42. The number of sulfone groups is 1. The SMILES string of the molecule is Cc1nn(C2CCS(=O)(=O)C2)c2nc(-c3ccco3)cc(C(=O)N3CC(C)CC(C)C3)c12. The van der Waals surface area contributed by atoms with Crippen LogP contribution in [0.1, 0.15) is 48.8 Å². The van der Waals surface area contributed by atoms with Crippen molar-refractivity contribution < 1.29 is 17.6 Å². The van der Waals surface area contributed by atoms with Crippen molar-refractivity contribution in [3.05, 3.63) is 35.7 Å². The minimum absolute atomic E-state index is 0.0368. The van der Waals surface area contributed by atoms with Gasteiger partial charge in [-0.15, -0.1) is 0 Å². The average Bonchev–Trinajstić information content (AvgIpc) is 3.45. The Bertz CT molecular complexity index is 1270. The Balaban J connectivity index is 1.67. The van der Waals surface area contributed by atoms with Gasteiger partial charge >= 0.3 is 0 Å². The highest BCUT2D eigenvalue weighted by molar-refractivity contribution is 7.91. The third kappa shape index (κ3) is 3.72. The molecule has 8 nitrogen and oxygen atoms in total. The van der Waals surface area contributed by atoms with E-state index in [9.17, 15) is 13.2 Å². The minimum Gasteiger partial charge on any atom is -0.463 e. The first-order valence-corrected chi connectivity index (χ1v) is 13.0. The predicted molar refractivity (Wildman–Crippen MR) is 121 cm³/mol. The summed E-state index contributed by atoms with van der Waals surface area (Å²) >= 11 is 0. The Morgan fingerprint density at radius 2 is 1.97 bits per heavy atom. The maximum absolute atomic E-state index is 13.7. The summed E-state index contributed by atoms with van der Waals surface area (Å²) in [6.45, 7) is 7.65. The zero-order chi connectivity index (χ0) is 22.6. The van der Waals surface area contributed by atoms with Gasteiger partial charge in [-0.3, -0.25) is 4.79 Å². The Morgan fingerprint density at radius 3 is 2.59 bits per heavy atom. The number of rotatable bonds is 3. The summed E-state index contributed by atoms with van der Waals surface area (Å²) in [7, 11) is -3.09. The molecule has 3 atom stereocenters. The molecular formula is C23H28N4O4S. The van der Waals surface area contributed by atoms with Crippen LogP contribution in [0.4, 0.5) is 0 Å². The monoisotopic (exact) mass is 456 g/mol. The molecule has 0 aromatic carbocycles. The van der Waals surface area contributed by atoms with Crippen LogP contribution in [-0.2, 0) is 9.84 Å². The van der Waals surface area contributed by atoms with Crippen LogP contribution in [0.2, 0.25) is 0 Å². The fraction of sp³-hybridized carbons (Fsp3) is 0.522. The molecule has 0 spiro atoms. The van der Waals surface area contributed by atoms with Crippen LogP contribution in [0, 0.1) is 18.8 Å². The van der Waals surface area contributed by atoms with Crippen LogP contribution in [0.15, 0.2) is 28.9 Å². The molecule has 1 amide bonds. The lowest BCUT2D eigenvalue weighted by Gasteiger charge is -2.35. The third-order valence-corrected chi connectivity index (χ3v) is 8.30. The van der Waals surface area contributed by atoms with Crippen LogP contribution in [-0.4, -0.2) is 58.6 Å². The molecule has 0 radical (unpaired) electrons. The fourth-order valence-electron chi connectivity index (χ4n) is 5.25.